The van der Waals surface area contributed by atoms with Crippen LogP contribution in [0.1, 0.15) is 19.7 Å². The lowest BCUT2D eigenvalue weighted by molar-refractivity contribution is 0.707. The summed E-state index contributed by atoms with van der Waals surface area (Å²) in [6.45, 7) is 4.23. The fraction of sp³-hybridized carbons (Fsp3) is 0.500. The first-order valence-electron chi connectivity index (χ1n) is 3.67. The summed E-state index contributed by atoms with van der Waals surface area (Å²) in [5, 5.41) is 0. The Morgan fingerprint density at radius 3 is 2.75 bits per heavy atom. The van der Waals surface area contributed by atoms with Crippen molar-refractivity contribution in [2.75, 3.05) is 6.26 Å². The predicted octanol–water partition coefficient (Wildman–Crippen LogP) is 2.74. The van der Waals surface area contributed by atoms with Crippen LogP contribution in [-0.2, 0) is 4.75 Å². The van der Waals surface area contributed by atoms with Crippen molar-refractivity contribution < 1.29 is 0 Å². The zero-order valence-corrected chi connectivity index (χ0v) is 9.05. The molecule has 0 radical (unpaired) electrons. The molecule has 0 fully saturated rings. The molecule has 0 unspecified atom stereocenters. The average Bonchev–Trinajstić information content (AvgIpc) is 2.05. The van der Waals surface area contributed by atoms with E-state index in [1.807, 2.05) is 0 Å². The van der Waals surface area contributed by atoms with Gasteiger partial charge in [0.2, 0.25) is 0 Å². The molecule has 1 heterocycles. The SMILES string of the molecule is CSC(C)(C)c1nccc(=S)[nH]1. The van der Waals surface area contributed by atoms with Gasteiger partial charge in [0, 0.05) is 6.20 Å². The summed E-state index contributed by atoms with van der Waals surface area (Å²) in [5.41, 5.74) is 0. The second kappa shape index (κ2) is 3.58. The standard InChI is InChI=1S/C8H12N2S2/c1-8(2,12-3)7-9-5-4-6(11)10-7/h4-5H,1-3H3,(H,9,10,11). The minimum absolute atomic E-state index is 0.00875. The molecule has 0 atom stereocenters. The van der Waals surface area contributed by atoms with Gasteiger partial charge in [-0.1, -0.05) is 12.2 Å². The number of nitrogens with zero attached hydrogens (tertiary/aromatic N) is 1. The van der Waals surface area contributed by atoms with Gasteiger partial charge in [0.15, 0.2) is 0 Å². The first kappa shape index (κ1) is 9.74. The highest BCUT2D eigenvalue weighted by Crippen LogP contribution is 2.30. The van der Waals surface area contributed by atoms with Crippen LogP contribution in [0.3, 0.4) is 0 Å². The third-order valence-electron chi connectivity index (χ3n) is 1.75. The first-order valence-corrected chi connectivity index (χ1v) is 5.30. The van der Waals surface area contributed by atoms with E-state index in [1.165, 1.54) is 0 Å². The van der Waals surface area contributed by atoms with Gasteiger partial charge in [-0.3, -0.25) is 0 Å². The van der Waals surface area contributed by atoms with Gasteiger partial charge < -0.3 is 4.98 Å². The van der Waals surface area contributed by atoms with Crippen LogP contribution in [-0.4, -0.2) is 16.2 Å². The third-order valence-corrected chi connectivity index (χ3v) is 3.20. The highest BCUT2D eigenvalue weighted by atomic mass is 32.2. The van der Waals surface area contributed by atoms with Gasteiger partial charge in [0.1, 0.15) is 10.5 Å². The smallest absolute Gasteiger partial charge is 0.122 e. The summed E-state index contributed by atoms with van der Waals surface area (Å²) in [6, 6.07) is 1.79. The van der Waals surface area contributed by atoms with Crippen LogP contribution in [0.4, 0.5) is 0 Å². The predicted molar refractivity (Wildman–Crippen MR) is 56.0 cm³/mol. The fourth-order valence-corrected chi connectivity index (χ4v) is 1.23. The maximum atomic E-state index is 5.01. The van der Waals surface area contributed by atoms with Gasteiger partial charge >= 0.3 is 0 Å². The quantitative estimate of drug-likeness (QED) is 0.744. The van der Waals surface area contributed by atoms with E-state index in [0.717, 1.165) is 10.5 Å². The van der Waals surface area contributed by atoms with Crippen LogP contribution >= 0.6 is 24.0 Å². The van der Waals surface area contributed by atoms with Crippen LogP contribution in [0.2, 0.25) is 0 Å². The number of aromatic nitrogens is 2. The molecule has 0 amide bonds. The zero-order chi connectivity index (χ0) is 9.19. The van der Waals surface area contributed by atoms with Crippen molar-refractivity contribution in [3.05, 3.63) is 22.7 Å². The molecule has 1 N–H and O–H groups in total. The molecule has 1 aromatic rings. The third kappa shape index (κ3) is 2.08. The van der Waals surface area contributed by atoms with Gasteiger partial charge in [-0.2, -0.15) is 11.8 Å². The molecule has 0 aliphatic rings. The average molecular weight is 200 g/mol. The number of rotatable bonds is 2. The molecule has 12 heavy (non-hydrogen) atoms. The summed E-state index contributed by atoms with van der Waals surface area (Å²) < 4.78 is 0.747. The number of aromatic amines is 1. The minimum atomic E-state index is 0.00875. The molecule has 0 spiro atoms. The van der Waals surface area contributed by atoms with E-state index in [0.29, 0.717) is 0 Å². The molecule has 1 aromatic heterocycles. The lowest BCUT2D eigenvalue weighted by Gasteiger charge is -2.20. The number of thioether (sulfide) groups is 1. The molecule has 0 saturated carbocycles. The Labute approximate surface area is 81.8 Å². The van der Waals surface area contributed by atoms with Gasteiger partial charge in [0.25, 0.3) is 0 Å². The normalized spacial score (nSPS) is 11.6. The molecule has 0 aliphatic carbocycles. The molecule has 0 aliphatic heterocycles. The van der Waals surface area contributed by atoms with Crippen molar-refractivity contribution in [3.63, 3.8) is 0 Å². The maximum Gasteiger partial charge on any atom is 0.122 e. The lowest BCUT2D eigenvalue weighted by Crippen LogP contribution is -2.15. The Kier molecular flexibility index (Phi) is 2.90. The van der Waals surface area contributed by atoms with E-state index in [1.54, 1.807) is 24.0 Å². The van der Waals surface area contributed by atoms with Crippen LogP contribution in [0.15, 0.2) is 12.3 Å². The molecule has 2 nitrogen and oxygen atoms in total. The Morgan fingerprint density at radius 1 is 1.58 bits per heavy atom. The molecule has 4 heteroatoms. The highest BCUT2D eigenvalue weighted by molar-refractivity contribution is 7.99. The first-order chi connectivity index (χ1) is 5.56. The fourth-order valence-electron chi connectivity index (χ4n) is 0.773. The molecule has 1 rings (SSSR count). The van der Waals surface area contributed by atoms with Gasteiger partial charge in [-0.15, -0.1) is 0 Å². The summed E-state index contributed by atoms with van der Waals surface area (Å²) in [4.78, 5) is 7.32. The summed E-state index contributed by atoms with van der Waals surface area (Å²) in [6.07, 6.45) is 3.80. The monoisotopic (exact) mass is 200 g/mol. The number of hydrogen-bond donors (Lipinski definition) is 1. The number of hydrogen-bond acceptors (Lipinski definition) is 3. The van der Waals surface area contributed by atoms with Crippen molar-refractivity contribution >= 4 is 24.0 Å². The Bertz CT molecular complexity index is 317. The van der Waals surface area contributed by atoms with E-state index < -0.39 is 0 Å². The molecular formula is C8H12N2S2. The van der Waals surface area contributed by atoms with Crippen molar-refractivity contribution in [3.8, 4) is 0 Å². The second-order valence-electron chi connectivity index (χ2n) is 3.00. The van der Waals surface area contributed by atoms with E-state index >= 15 is 0 Å². The number of nitrogens with one attached hydrogen (secondary N) is 1. The molecule has 0 aromatic carbocycles. The largest absolute Gasteiger partial charge is 0.334 e. The maximum absolute atomic E-state index is 5.01. The van der Waals surface area contributed by atoms with Crippen molar-refractivity contribution in [1.29, 1.82) is 0 Å². The van der Waals surface area contributed by atoms with Gasteiger partial charge in [-0.05, 0) is 26.2 Å². The summed E-state index contributed by atoms with van der Waals surface area (Å²) >= 11 is 6.76. The van der Waals surface area contributed by atoms with E-state index in [4.69, 9.17) is 12.2 Å². The van der Waals surface area contributed by atoms with E-state index in [2.05, 4.69) is 30.1 Å². The number of H-pyrrole nitrogens is 1. The van der Waals surface area contributed by atoms with Crippen molar-refractivity contribution in [2.45, 2.75) is 18.6 Å². The van der Waals surface area contributed by atoms with E-state index in [9.17, 15) is 0 Å². The topological polar surface area (TPSA) is 28.7 Å². The zero-order valence-electron chi connectivity index (χ0n) is 7.42. The van der Waals surface area contributed by atoms with Gasteiger partial charge in [0.05, 0.1) is 4.75 Å². The lowest BCUT2D eigenvalue weighted by atomic mass is 10.2. The van der Waals surface area contributed by atoms with Crippen LogP contribution in [0, 0.1) is 4.64 Å². The van der Waals surface area contributed by atoms with E-state index in [-0.39, 0.29) is 4.75 Å². The van der Waals surface area contributed by atoms with Crippen LogP contribution < -0.4 is 0 Å². The Morgan fingerprint density at radius 2 is 2.25 bits per heavy atom. The summed E-state index contributed by atoms with van der Waals surface area (Å²) in [7, 11) is 0. The van der Waals surface area contributed by atoms with Gasteiger partial charge in [-0.25, -0.2) is 4.98 Å². The Hall–Kier alpha value is -0.350. The molecular weight excluding hydrogens is 188 g/mol. The minimum Gasteiger partial charge on any atom is -0.334 e. The van der Waals surface area contributed by atoms with Crippen molar-refractivity contribution in [1.82, 2.24) is 9.97 Å². The van der Waals surface area contributed by atoms with Crippen LogP contribution in [0.5, 0.6) is 0 Å². The molecule has 0 bridgehead atoms. The van der Waals surface area contributed by atoms with Crippen LogP contribution in [0.25, 0.3) is 0 Å². The summed E-state index contributed by atoms with van der Waals surface area (Å²) in [5.74, 6) is 0.933. The molecule has 0 saturated heterocycles. The second-order valence-corrected chi connectivity index (χ2v) is 4.87. The Balaban J connectivity index is 3.11. The molecule has 66 valence electrons. The van der Waals surface area contributed by atoms with Crippen molar-refractivity contribution in [2.24, 2.45) is 0 Å². The highest BCUT2D eigenvalue weighted by Gasteiger charge is 2.20.